The summed E-state index contributed by atoms with van der Waals surface area (Å²) in [7, 11) is 0. The lowest BCUT2D eigenvalue weighted by Gasteiger charge is -2.60. The van der Waals surface area contributed by atoms with Gasteiger partial charge in [-0.25, -0.2) is 4.79 Å². The summed E-state index contributed by atoms with van der Waals surface area (Å²) in [5.41, 5.74) is 1.09. The summed E-state index contributed by atoms with van der Waals surface area (Å²) in [5, 5.41) is 2.95. The fraction of sp³-hybridized carbons (Fsp3) is 0.385. The molecule has 0 heterocycles. The van der Waals surface area contributed by atoms with Crippen LogP contribution in [0.5, 0.6) is 0 Å². The minimum Gasteiger partial charge on any atom is -0.445 e. The second-order valence-electron chi connectivity index (χ2n) is 4.75. The van der Waals surface area contributed by atoms with Crippen LogP contribution >= 0.6 is 0 Å². The minimum absolute atomic E-state index is 0.0725. The van der Waals surface area contributed by atoms with Gasteiger partial charge >= 0.3 is 6.09 Å². The summed E-state index contributed by atoms with van der Waals surface area (Å²) in [5.74, 6) is 1.57. The summed E-state index contributed by atoms with van der Waals surface area (Å²) < 4.78 is 5.16. The molecule has 1 aromatic rings. The van der Waals surface area contributed by atoms with Crippen LogP contribution in [0, 0.1) is 5.92 Å². The van der Waals surface area contributed by atoms with E-state index >= 15 is 0 Å². The molecule has 1 aromatic carbocycles. The second kappa shape index (κ2) is 3.51. The van der Waals surface area contributed by atoms with Crippen LogP contribution in [0.25, 0.3) is 0 Å². The van der Waals surface area contributed by atoms with Crippen molar-refractivity contribution in [2.45, 2.75) is 31.4 Å². The van der Waals surface area contributed by atoms with Gasteiger partial charge in [-0.1, -0.05) is 30.3 Å². The number of carbonyl (C=O) groups excluding carboxylic acids is 1. The Labute approximate surface area is 94.8 Å². The highest BCUT2D eigenvalue weighted by molar-refractivity contribution is 5.70. The second-order valence-corrected chi connectivity index (χ2v) is 4.75. The van der Waals surface area contributed by atoms with Gasteiger partial charge in [0.1, 0.15) is 6.61 Å². The number of hydrogen-bond acceptors (Lipinski definition) is 2. The van der Waals surface area contributed by atoms with E-state index in [9.17, 15) is 4.79 Å². The van der Waals surface area contributed by atoms with Gasteiger partial charge in [-0.3, -0.25) is 0 Å². The number of benzene rings is 1. The van der Waals surface area contributed by atoms with Gasteiger partial charge in [0.15, 0.2) is 0 Å². The number of ether oxygens (including phenoxy) is 1. The van der Waals surface area contributed by atoms with Crippen LogP contribution in [-0.4, -0.2) is 11.6 Å². The molecule has 2 bridgehead atoms. The van der Waals surface area contributed by atoms with E-state index in [2.05, 4.69) is 5.32 Å². The molecular formula is C13H14NO2. The molecule has 4 rings (SSSR count). The van der Waals surface area contributed by atoms with Crippen LogP contribution in [-0.2, 0) is 11.3 Å². The summed E-state index contributed by atoms with van der Waals surface area (Å²) in [6.07, 6.45) is 2.90. The molecule has 0 unspecified atom stereocenters. The molecule has 3 nitrogen and oxygen atoms in total. The molecule has 3 saturated carbocycles. The zero-order valence-electron chi connectivity index (χ0n) is 9.03. The third-order valence-corrected chi connectivity index (χ3v) is 3.35. The Balaban J connectivity index is 1.46. The number of nitrogens with one attached hydrogen (secondary N) is 1. The maximum Gasteiger partial charge on any atom is 0.407 e. The van der Waals surface area contributed by atoms with Crippen molar-refractivity contribution in [3.05, 3.63) is 41.8 Å². The summed E-state index contributed by atoms with van der Waals surface area (Å²) in [4.78, 5) is 11.5. The van der Waals surface area contributed by atoms with E-state index in [1.165, 1.54) is 0 Å². The van der Waals surface area contributed by atoms with Gasteiger partial charge < -0.3 is 10.1 Å². The predicted octanol–water partition coefficient (Wildman–Crippen LogP) is 2.42. The largest absolute Gasteiger partial charge is 0.445 e. The van der Waals surface area contributed by atoms with Crippen LogP contribution in [0.2, 0.25) is 0 Å². The van der Waals surface area contributed by atoms with E-state index in [0.717, 1.165) is 24.8 Å². The Bertz CT molecular complexity index is 385. The smallest absolute Gasteiger partial charge is 0.407 e. The van der Waals surface area contributed by atoms with Crippen LogP contribution in [0.4, 0.5) is 4.79 Å². The Morgan fingerprint density at radius 3 is 2.50 bits per heavy atom. The molecule has 0 atom stereocenters. The maximum atomic E-state index is 11.5. The van der Waals surface area contributed by atoms with Crippen LogP contribution < -0.4 is 5.32 Å². The molecule has 83 valence electrons. The Hall–Kier alpha value is -1.51. The maximum absolute atomic E-state index is 11.5. The van der Waals surface area contributed by atoms with Crippen molar-refractivity contribution >= 4 is 6.09 Å². The molecule has 0 saturated heterocycles. The highest BCUT2D eigenvalue weighted by Gasteiger charge is 2.58. The van der Waals surface area contributed by atoms with E-state index in [-0.39, 0.29) is 11.6 Å². The lowest BCUT2D eigenvalue weighted by atomic mass is 9.50. The lowest BCUT2D eigenvalue weighted by molar-refractivity contribution is 0.0619. The van der Waals surface area contributed by atoms with Crippen molar-refractivity contribution in [2.75, 3.05) is 0 Å². The van der Waals surface area contributed by atoms with Gasteiger partial charge in [-0.2, -0.15) is 0 Å². The molecule has 0 spiro atoms. The van der Waals surface area contributed by atoms with E-state index in [1.54, 1.807) is 5.92 Å². The van der Waals surface area contributed by atoms with E-state index in [4.69, 9.17) is 4.74 Å². The lowest BCUT2D eigenvalue weighted by Crippen LogP contribution is -2.67. The van der Waals surface area contributed by atoms with Crippen LogP contribution in [0.3, 0.4) is 0 Å². The zero-order valence-corrected chi connectivity index (χ0v) is 9.03. The van der Waals surface area contributed by atoms with Gasteiger partial charge in [0.2, 0.25) is 0 Å². The van der Waals surface area contributed by atoms with E-state index in [0.29, 0.717) is 6.61 Å². The highest BCUT2D eigenvalue weighted by atomic mass is 16.5. The minimum atomic E-state index is -0.289. The Morgan fingerprint density at radius 1 is 1.25 bits per heavy atom. The summed E-state index contributed by atoms with van der Waals surface area (Å²) in [6.45, 7) is 0.347. The number of amides is 1. The topological polar surface area (TPSA) is 38.3 Å². The van der Waals surface area contributed by atoms with Gasteiger partial charge in [0, 0.05) is 5.54 Å². The number of carbonyl (C=O) groups is 1. The predicted molar refractivity (Wildman–Crippen MR) is 59.6 cm³/mol. The van der Waals surface area contributed by atoms with Gasteiger partial charge in [0.25, 0.3) is 0 Å². The first-order valence-corrected chi connectivity index (χ1v) is 5.58. The first kappa shape index (κ1) is 9.70. The third-order valence-electron chi connectivity index (χ3n) is 3.35. The monoisotopic (exact) mass is 216 g/mol. The number of alkyl carbamates (subject to hydrolysis) is 1. The third kappa shape index (κ3) is 1.66. The highest BCUT2D eigenvalue weighted by Crippen LogP contribution is 2.58. The fourth-order valence-corrected chi connectivity index (χ4v) is 2.39. The Kier molecular flexibility index (Phi) is 2.13. The molecule has 16 heavy (non-hydrogen) atoms. The average Bonchev–Trinajstić information content (AvgIpc) is 2.20. The average molecular weight is 216 g/mol. The molecular weight excluding hydrogens is 202 g/mol. The van der Waals surface area contributed by atoms with Crippen molar-refractivity contribution in [1.82, 2.24) is 5.32 Å². The van der Waals surface area contributed by atoms with Crippen LogP contribution in [0.1, 0.15) is 24.8 Å². The summed E-state index contributed by atoms with van der Waals surface area (Å²) >= 11 is 0. The molecule has 0 aromatic heterocycles. The number of rotatable bonds is 3. The molecule has 3 heteroatoms. The molecule has 1 radical (unpaired) electrons. The molecule has 3 aliphatic rings. The standard InChI is InChI=1S/C13H14NO2/c15-12(14-13-6-11(7-13)8-13)16-9-10-4-2-1-3-5-10/h1-5H,6-9H2,(H,14,15). The first-order chi connectivity index (χ1) is 7.76. The number of hydrogen-bond donors (Lipinski definition) is 1. The van der Waals surface area contributed by atoms with Crippen molar-refractivity contribution in [3.8, 4) is 0 Å². The molecule has 1 N–H and O–H groups in total. The first-order valence-electron chi connectivity index (χ1n) is 5.58. The molecule has 3 aliphatic carbocycles. The molecule has 3 fully saturated rings. The van der Waals surface area contributed by atoms with Crippen molar-refractivity contribution in [1.29, 1.82) is 0 Å². The van der Waals surface area contributed by atoms with Crippen molar-refractivity contribution < 1.29 is 9.53 Å². The molecule has 0 aliphatic heterocycles. The normalized spacial score (nSPS) is 20.5. The van der Waals surface area contributed by atoms with E-state index < -0.39 is 0 Å². The molecule has 1 amide bonds. The van der Waals surface area contributed by atoms with E-state index in [1.807, 2.05) is 30.3 Å². The van der Waals surface area contributed by atoms with Gasteiger partial charge in [0.05, 0.1) is 0 Å². The van der Waals surface area contributed by atoms with Crippen molar-refractivity contribution in [2.24, 2.45) is 0 Å². The van der Waals surface area contributed by atoms with Crippen LogP contribution in [0.15, 0.2) is 30.3 Å². The fourth-order valence-electron chi connectivity index (χ4n) is 2.39. The summed E-state index contributed by atoms with van der Waals surface area (Å²) in [6, 6.07) is 9.72. The van der Waals surface area contributed by atoms with Gasteiger partial charge in [-0.15, -0.1) is 0 Å². The van der Waals surface area contributed by atoms with Crippen molar-refractivity contribution in [3.63, 3.8) is 0 Å². The Morgan fingerprint density at radius 2 is 1.94 bits per heavy atom. The zero-order chi connectivity index (χ0) is 11.0. The van der Waals surface area contributed by atoms with Gasteiger partial charge in [-0.05, 0) is 30.7 Å². The SMILES string of the molecule is O=C(NC12C[C](C1)C2)OCc1ccccc1. The quantitative estimate of drug-likeness (QED) is 0.842.